The summed E-state index contributed by atoms with van der Waals surface area (Å²) in [5.74, 6) is 0.796. The number of piperazine rings is 1. The van der Waals surface area contributed by atoms with Crippen molar-refractivity contribution in [3.8, 4) is 5.75 Å². The van der Waals surface area contributed by atoms with Crippen molar-refractivity contribution in [2.24, 2.45) is 0 Å². The number of nitrogens with zero attached hydrogens (tertiary/aromatic N) is 3. The third-order valence-electron chi connectivity index (χ3n) is 5.17. The molecule has 0 bridgehead atoms. The molecule has 2 aromatic carbocycles. The van der Waals surface area contributed by atoms with Crippen LogP contribution in [0.2, 0.25) is 0 Å². The highest BCUT2D eigenvalue weighted by molar-refractivity contribution is 5.96. The zero-order chi connectivity index (χ0) is 18.8. The van der Waals surface area contributed by atoms with Crippen LogP contribution in [0.25, 0.3) is 10.9 Å². The van der Waals surface area contributed by atoms with Gasteiger partial charge in [-0.15, -0.1) is 0 Å². The molecule has 4 rings (SSSR count). The second-order valence-electron chi connectivity index (χ2n) is 7.13. The van der Waals surface area contributed by atoms with Crippen LogP contribution < -0.4 is 15.0 Å². The van der Waals surface area contributed by atoms with Gasteiger partial charge in [-0.25, -0.2) is 4.98 Å². The monoisotopic (exact) mass is 362 g/mol. The summed E-state index contributed by atoms with van der Waals surface area (Å²) in [7, 11) is 3.86. The van der Waals surface area contributed by atoms with E-state index in [0.717, 1.165) is 59.9 Å². The molecule has 140 valence electrons. The number of fused-ring (bicyclic) bond motifs is 1. The first kappa shape index (κ1) is 17.6. The van der Waals surface area contributed by atoms with Crippen molar-refractivity contribution in [2.75, 3.05) is 50.6 Å². The van der Waals surface area contributed by atoms with Crippen molar-refractivity contribution >= 4 is 28.0 Å². The number of ether oxygens (including phenoxy) is 1. The van der Waals surface area contributed by atoms with Gasteiger partial charge in [0.05, 0.1) is 7.11 Å². The lowest BCUT2D eigenvalue weighted by atomic mass is 10.1. The number of hydrogen-bond donors (Lipinski definition) is 1. The number of benzene rings is 2. The molecule has 1 aliphatic heterocycles. The zero-order valence-electron chi connectivity index (χ0n) is 16.2. The van der Waals surface area contributed by atoms with E-state index in [2.05, 4.69) is 63.5 Å². The third kappa shape index (κ3) is 3.69. The standard InChI is InChI=1S/C22H26N4O/c1-16-15-20(19-5-4-6-21(27-3)22(19)23-16)24-17-7-9-18(10-8-17)26-13-11-25(2)12-14-26/h4-10,15H,11-14H2,1-3H3,(H,23,24). The second kappa shape index (κ2) is 7.45. The van der Waals surface area contributed by atoms with Crippen LogP contribution in [0.5, 0.6) is 5.75 Å². The molecule has 0 unspecified atom stereocenters. The first-order chi connectivity index (χ1) is 13.1. The fraction of sp³-hybridized carbons (Fsp3) is 0.318. The number of anilines is 3. The molecule has 2 heterocycles. The van der Waals surface area contributed by atoms with Gasteiger partial charge in [-0.05, 0) is 50.4 Å². The van der Waals surface area contributed by atoms with Crippen molar-refractivity contribution in [1.82, 2.24) is 9.88 Å². The Morgan fingerprint density at radius 2 is 1.74 bits per heavy atom. The lowest BCUT2D eigenvalue weighted by Gasteiger charge is -2.34. The van der Waals surface area contributed by atoms with Crippen LogP contribution in [0.3, 0.4) is 0 Å². The van der Waals surface area contributed by atoms with Gasteiger partial charge in [0.25, 0.3) is 0 Å². The Morgan fingerprint density at radius 1 is 1.00 bits per heavy atom. The number of nitrogens with one attached hydrogen (secondary N) is 1. The number of pyridine rings is 1. The Kier molecular flexibility index (Phi) is 4.86. The second-order valence-corrected chi connectivity index (χ2v) is 7.13. The van der Waals surface area contributed by atoms with Gasteiger partial charge in [0, 0.05) is 54.3 Å². The van der Waals surface area contributed by atoms with Crippen molar-refractivity contribution in [3.05, 3.63) is 54.2 Å². The maximum absolute atomic E-state index is 5.48. The molecule has 5 nitrogen and oxygen atoms in total. The molecule has 27 heavy (non-hydrogen) atoms. The largest absolute Gasteiger partial charge is 0.494 e. The highest BCUT2D eigenvalue weighted by atomic mass is 16.5. The predicted molar refractivity (Wildman–Crippen MR) is 112 cm³/mol. The van der Waals surface area contributed by atoms with Gasteiger partial charge in [-0.3, -0.25) is 0 Å². The fourth-order valence-electron chi connectivity index (χ4n) is 3.59. The Balaban J connectivity index is 1.59. The van der Waals surface area contributed by atoms with E-state index in [0.29, 0.717) is 0 Å². The fourth-order valence-corrected chi connectivity index (χ4v) is 3.59. The topological polar surface area (TPSA) is 40.6 Å². The first-order valence-electron chi connectivity index (χ1n) is 9.39. The lowest BCUT2D eigenvalue weighted by molar-refractivity contribution is 0.313. The van der Waals surface area contributed by atoms with Crippen LogP contribution in [-0.4, -0.2) is 50.2 Å². The maximum atomic E-state index is 5.48. The Bertz CT molecular complexity index is 931. The average Bonchev–Trinajstić information content (AvgIpc) is 2.69. The average molecular weight is 362 g/mol. The molecule has 1 N–H and O–H groups in total. The summed E-state index contributed by atoms with van der Waals surface area (Å²) in [5.41, 5.74) is 5.25. The Hall–Kier alpha value is -2.79. The van der Waals surface area contributed by atoms with Crippen LogP contribution in [0.4, 0.5) is 17.1 Å². The number of aromatic nitrogens is 1. The number of hydrogen-bond acceptors (Lipinski definition) is 5. The van der Waals surface area contributed by atoms with E-state index in [4.69, 9.17) is 4.74 Å². The molecule has 0 aliphatic carbocycles. The van der Waals surface area contributed by atoms with E-state index in [9.17, 15) is 0 Å². The molecule has 1 aliphatic rings. The van der Waals surface area contributed by atoms with Crippen LogP contribution in [0.1, 0.15) is 5.69 Å². The van der Waals surface area contributed by atoms with Gasteiger partial charge in [0.2, 0.25) is 0 Å². The SMILES string of the molecule is COc1cccc2c(Nc3ccc(N4CCN(C)CC4)cc3)cc(C)nc12. The minimum Gasteiger partial charge on any atom is -0.494 e. The summed E-state index contributed by atoms with van der Waals surface area (Å²) in [4.78, 5) is 9.47. The molecular formula is C22H26N4O. The first-order valence-corrected chi connectivity index (χ1v) is 9.39. The molecule has 0 spiro atoms. The van der Waals surface area contributed by atoms with Crippen molar-refractivity contribution in [2.45, 2.75) is 6.92 Å². The summed E-state index contributed by atoms with van der Waals surface area (Å²) in [6.45, 7) is 6.40. The summed E-state index contributed by atoms with van der Waals surface area (Å²) in [6, 6.07) is 16.8. The van der Waals surface area contributed by atoms with E-state index in [1.165, 1.54) is 5.69 Å². The van der Waals surface area contributed by atoms with Crippen molar-refractivity contribution in [1.29, 1.82) is 0 Å². The molecule has 0 saturated carbocycles. The van der Waals surface area contributed by atoms with E-state index in [1.807, 2.05) is 19.1 Å². The van der Waals surface area contributed by atoms with E-state index in [-0.39, 0.29) is 0 Å². The molecule has 0 radical (unpaired) electrons. The summed E-state index contributed by atoms with van der Waals surface area (Å²) < 4.78 is 5.48. The quantitative estimate of drug-likeness (QED) is 0.758. The Morgan fingerprint density at radius 3 is 2.44 bits per heavy atom. The van der Waals surface area contributed by atoms with E-state index >= 15 is 0 Å². The van der Waals surface area contributed by atoms with Crippen LogP contribution in [0.15, 0.2) is 48.5 Å². The van der Waals surface area contributed by atoms with Crippen LogP contribution >= 0.6 is 0 Å². The van der Waals surface area contributed by atoms with Crippen LogP contribution in [-0.2, 0) is 0 Å². The van der Waals surface area contributed by atoms with Gasteiger partial charge in [-0.1, -0.05) is 12.1 Å². The molecular weight excluding hydrogens is 336 g/mol. The number of likely N-dealkylation sites (N-methyl/N-ethyl adjacent to an activating group) is 1. The summed E-state index contributed by atoms with van der Waals surface area (Å²) in [6.07, 6.45) is 0. The summed E-state index contributed by atoms with van der Waals surface area (Å²) >= 11 is 0. The molecule has 1 fully saturated rings. The highest BCUT2D eigenvalue weighted by Crippen LogP contribution is 2.32. The van der Waals surface area contributed by atoms with Crippen molar-refractivity contribution in [3.63, 3.8) is 0 Å². The number of methoxy groups -OCH3 is 1. The highest BCUT2D eigenvalue weighted by Gasteiger charge is 2.14. The number of rotatable bonds is 4. The van der Waals surface area contributed by atoms with Gasteiger partial charge in [0.15, 0.2) is 0 Å². The maximum Gasteiger partial charge on any atom is 0.145 e. The smallest absolute Gasteiger partial charge is 0.145 e. The number of aryl methyl sites for hydroxylation is 1. The minimum atomic E-state index is 0.796. The minimum absolute atomic E-state index is 0.796. The zero-order valence-corrected chi connectivity index (χ0v) is 16.2. The van der Waals surface area contributed by atoms with E-state index in [1.54, 1.807) is 7.11 Å². The molecule has 1 saturated heterocycles. The third-order valence-corrected chi connectivity index (χ3v) is 5.17. The molecule has 1 aromatic heterocycles. The summed E-state index contributed by atoms with van der Waals surface area (Å²) in [5, 5.41) is 4.61. The van der Waals surface area contributed by atoms with Crippen molar-refractivity contribution < 1.29 is 4.74 Å². The molecule has 3 aromatic rings. The lowest BCUT2D eigenvalue weighted by Crippen LogP contribution is -2.44. The number of para-hydroxylation sites is 1. The van der Waals surface area contributed by atoms with Gasteiger partial charge in [0.1, 0.15) is 11.3 Å². The molecule has 5 heteroatoms. The normalized spacial score (nSPS) is 15.1. The van der Waals surface area contributed by atoms with Gasteiger partial charge < -0.3 is 19.9 Å². The van der Waals surface area contributed by atoms with E-state index < -0.39 is 0 Å². The Labute approximate surface area is 160 Å². The van der Waals surface area contributed by atoms with Crippen LogP contribution in [0, 0.1) is 6.92 Å². The molecule has 0 atom stereocenters. The van der Waals surface area contributed by atoms with Gasteiger partial charge >= 0.3 is 0 Å². The molecule has 0 amide bonds. The van der Waals surface area contributed by atoms with Gasteiger partial charge in [-0.2, -0.15) is 0 Å². The predicted octanol–water partition coefficient (Wildman–Crippen LogP) is 4.05.